The van der Waals surface area contributed by atoms with Crippen molar-refractivity contribution < 1.29 is 4.74 Å². The number of pyridine rings is 3. The first kappa shape index (κ1) is 22.7. The molecule has 6 heteroatoms. The molecule has 0 spiro atoms. The largest absolute Gasteiger partial charge is 0.494 e. The van der Waals surface area contributed by atoms with E-state index in [0.29, 0.717) is 6.61 Å². The summed E-state index contributed by atoms with van der Waals surface area (Å²) in [7, 11) is 1.79. The standard InChI is InChI=1S/C27H30N4O2/c1-21-18-29-13-10-24(21)20-31(15-11-22-5-3-12-28-19-22)14-4-16-33-25-7-8-26-23(17-25)6-9-27(32)30(26)2/h3,5-10,12-13,17-19H,4,11,14-16,20H2,1-2H3. The number of aryl methyl sites for hydroxylation is 2. The van der Waals surface area contributed by atoms with Gasteiger partial charge in [-0.2, -0.15) is 0 Å². The van der Waals surface area contributed by atoms with Gasteiger partial charge in [0.1, 0.15) is 5.75 Å². The molecule has 0 radical (unpaired) electrons. The lowest BCUT2D eigenvalue weighted by Crippen LogP contribution is -2.28. The van der Waals surface area contributed by atoms with E-state index in [0.717, 1.165) is 49.1 Å². The molecule has 170 valence electrons. The van der Waals surface area contributed by atoms with Gasteiger partial charge in [-0.25, -0.2) is 0 Å². The van der Waals surface area contributed by atoms with Crippen molar-refractivity contribution in [3.8, 4) is 5.75 Å². The summed E-state index contributed by atoms with van der Waals surface area (Å²) in [6.07, 6.45) is 9.41. The maximum atomic E-state index is 11.8. The van der Waals surface area contributed by atoms with Crippen LogP contribution in [0.5, 0.6) is 5.75 Å². The second kappa shape index (κ2) is 10.9. The Morgan fingerprint density at radius 1 is 1.00 bits per heavy atom. The molecular formula is C27H30N4O2. The number of benzene rings is 1. The minimum absolute atomic E-state index is 0.00743. The van der Waals surface area contributed by atoms with E-state index in [4.69, 9.17) is 4.74 Å². The number of hydrogen-bond acceptors (Lipinski definition) is 5. The van der Waals surface area contributed by atoms with E-state index in [1.165, 1.54) is 16.7 Å². The molecule has 1 aromatic carbocycles. The third-order valence-electron chi connectivity index (χ3n) is 5.95. The van der Waals surface area contributed by atoms with Gasteiger partial charge < -0.3 is 9.30 Å². The van der Waals surface area contributed by atoms with Crippen LogP contribution in [0.1, 0.15) is 23.1 Å². The minimum Gasteiger partial charge on any atom is -0.494 e. The zero-order valence-corrected chi connectivity index (χ0v) is 19.3. The van der Waals surface area contributed by atoms with E-state index in [-0.39, 0.29) is 5.56 Å². The summed E-state index contributed by atoms with van der Waals surface area (Å²) < 4.78 is 7.69. The molecule has 0 unspecified atom stereocenters. The summed E-state index contributed by atoms with van der Waals surface area (Å²) in [6.45, 7) is 5.52. The maximum Gasteiger partial charge on any atom is 0.250 e. The molecule has 3 aromatic heterocycles. The normalized spacial score (nSPS) is 11.2. The zero-order chi connectivity index (χ0) is 23.0. The number of fused-ring (bicyclic) bond motifs is 1. The highest BCUT2D eigenvalue weighted by molar-refractivity contribution is 5.80. The van der Waals surface area contributed by atoms with Gasteiger partial charge >= 0.3 is 0 Å². The van der Waals surface area contributed by atoms with Crippen molar-refractivity contribution in [3.05, 3.63) is 100 Å². The van der Waals surface area contributed by atoms with Gasteiger partial charge in [-0.1, -0.05) is 6.07 Å². The van der Waals surface area contributed by atoms with Crippen LogP contribution in [0.15, 0.2) is 78.1 Å². The third kappa shape index (κ3) is 6.05. The Labute approximate surface area is 194 Å². The van der Waals surface area contributed by atoms with Gasteiger partial charge in [-0.15, -0.1) is 0 Å². The molecule has 0 bridgehead atoms. The highest BCUT2D eigenvalue weighted by atomic mass is 16.5. The molecule has 0 saturated carbocycles. The molecule has 0 saturated heterocycles. The van der Waals surface area contributed by atoms with Gasteiger partial charge in [0.25, 0.3) is 5.56 Å². The number of hydrogen-bond donors (Lipinski definition) is 0. The fourth-order valence-corrected chi connectivity index (χ4v) is 3.95. The van der Waals surface area contributed by atoms with Crippen LogP contribution in [0.2, 0.25) is 0 Å². The van der Waals surface area contributed by atoms with Crippen LogP contribution in [0, 0.1) is 6.92 Å². The van der Waals surface area contributed by atoms with Gasteiger partial charge in [0.2, 0.25) is 0 Å². The molecule has 0 aliphatic rings. The molecule has 4 aromatic rings. The van der Waals surface area contributed by atoms with Crippen molar-refractivity contribution in [2.45, 2.75) is 26.3 Å². The molecule has 0 atom stereocenters. The summed E-state index contributed by atoms with van der Waals surface area (Å²) >= 11 is 0. The number of aromatic nitrogens is 3. The van der Waals surface area contributed by atoms with E-state index in [9.17, 15) is 4.79 Å². The average molecular weight is 443 g/mol. The molecule has 0 fully saturated rings. The van der Waals surface area contributed by atoms with Crippen molar-refractivity contribution in [2.24, 2.45) is 7.05 Å². The highest BCUT2D eigenvalue weighted by Gasteiger charge is 2.09. The summed E-state index contributed by atoms with van der Waals surface area (Å²) in [5.74, 6) is 0.827. The van der Waals surface area contributed by atoms with Crippen molar-refractivity contribution >= 4 is 10.9 Å². The predicted octanol–water partition coefficient (Wildman–Crippen LogP) is 4.15. The topological polar surface area (TPSA) is 60.3 Å². The van der Waals surface area contributed by atoms with Crippen LogP contribution in [0.4, 0.5) is 0 Å². The van der Waals surface area contributed by atoms with Gasteiger partial charge in [-0.05, 0) is 72.9 Å². The van der Waals surface area contributed by atoms with Gasteiger partial charge in [-0.3, -0.25) is 19.7 Å². The minimum atomic E-state index is -0.00743. The van der Waals surface area contributed by atoms with Crippen molar-refractivity contribution in [3.63, 3.8) is 0 Å². The zero-order valence-electron chi connectivity index (χ0n) is 19.3. The average Bonchev–Trinajstić information content (AvgIpc) is 2.84. The van der Waals surface area contributed by atoms with E-state index in [1.807, 2.05) is 55.1 Å². The number of nitrogens with zero attached hydrogens (tertiary/aromatic N) is 4. The summed E-state index contributed by atoms with van der Waals surface area (Å²) in [6, 6.07) is 15.5. The van der Waals surface area contributed by atoms with Gasteiger partial charge in [0.15, 0.2) is 0 Å². The van der Waals surface area contributed by atoms with Crippen molar-refractivity contribution in [2.75, 3.05) is 19.7 Å². The maximum absolute atomic E-state index is 11.8. The predicted molar refractivity (Wildman–Crippen MR) is 131 cm³/mol. The van der Waals surface area contributed by atoms with E-state index in [1.54, 1.807) is 17.7 Å². The fourth-order valence-electron chi connectivity index (χ4n) is 3.95. The van der Waals surface area contributed by atoms with Gasteiger partial charge in [0.05, 0.1) is 12.1 Å². The first-order valence-electron chi connectivity index (χ1n) is 11.3. The Bertz CT molecular complexity index is 1250. The molecule has 33 heavy (non-hydrogen) atoms. The fraction of sp³-hybridized carbons (Fsp3) is 0.296. The Morgan fingerprint density at radius 2 is 1.88 bits per heavy atom. The van der Waals surface area contributed by atoms with Crippen LogP contribution in [-0.4, -0.2) is 39.1 Å². The summed E-state index contributed by atoms with van der Waals surface area (Å²) in [4.78, 5) is 22.7. The summed E-state index contributed by atoms with van der Waals surface area (Å²) in [5, 5.41) is 1.00. The molecule has 0 aliphatic carbocycles. The molecule has 0 N–H and O–H groups in total. The quantitative estimate of drug-likeness (QED) is 0.345. The van der Waals surface area contributed by atoms with Crippen LogP contribution < -0.4 is 10.3 Å². The smallest absolute Gasteiger partial charge is 0.250 e. The van der Waals surface area contributed by atoms with Crippen LogP contribution in [-0.2, 0) is 20.0 Å². The Morgan fingerprint density at radius 3 is 2.70 bits per heavy atom. The SMILES string of the molecule is Cc1cnccc1CN(CCCOc1ccc2c(ccc(=O)n2C)c1)CCc1cccnc1. The van der Waals surface area contributed by atoms with Crippen LogP contribution in [0.25, 0.3) is 10.9 Å². The molecule has 0 amide bonds. The second-order valence-corrected chi connectivity index (χ2v) is 8.34. The lowest BCUT2D eigenvalue weighted by atomic mass is 10.1. The summed E-state index contributed by atoms with van der Waals surface area (Å²) in [5.41, 5.74) is 4.66. The van der Waals surface area contributed by atoms with Crippen molar-refractivity contribution in [1.82, 2.24) is 19.4 Å². The highest BCUT2D eigenvalue weighted by Crippen LogP contribution is 2.19. The Balaban J connectivity index is 1.35. The third-order valence-corrected chi connectivity index (χ3v) is 5.95. The second-order valence-electron chi connectivity index (χ2n) is 8.34. The van der Waals surface area contributed by atoms with Crippen molar-refractivity contribution in [1.29, 1.82) is 0 Å². The molecular weight excluding hydrogens is 412 g/mol. The van der Waals surface area contributed by atoms with Crippen LogP contribution in [0.3, 0.4) is 0 Å². The molecule has 6 nitrogen and oxygen atoms in total. The monoisotopic (exact) mass is 442 g/mol. The Kier molecular flexibility index (Phi) is 7.47. The van der Waals surface area contributed by atoms with E-state index < -0.39 is 0 Å². The van der Waals surface area contributed by atoms with Gasteiger partial charge in [0, 0.05) is 62.9 Å². The van der Waals surface area contributed by atoms with E-state index in [2.05, 4.69) is 33.9 Å². The number of rotatable bonds is 10. The lowest BCUT2D eigenvalue weighted by Gasteiger charge is -2.23. The number of ether oxygens (including phenoxy) is 1. The van der Waals surface area contributed by atoms with Crippen LogP contribution >= 0.6 is 0 Å². The molecule has 4 rings (SSSR count). The molecule has 0 aliphatic heterocycles. The Hall–Kier alpha value is -3.51. The first-order valence-corrected chi connectivity index (χ1v) is 11.3. The lowest BCUT2D eigenvalue weighted by molar-refractivity contribution is 0.229. The first-order chi connectivity index (χ1) is 16.1. The van der Waals surface area contributed by atoms with E-state index >= 15 is 0 Å². The molecule has 3 heterocycles.